The molecule has 1 atom stereocenters. The molecule has 0 radical (unpaired) electrons. The number of nitrogens with two attached hydrogens (primary N) is 1. The van der Waals surface area contributed by atoms with Gasteiger partial charge in [-0.05, 0) is 72.7 Å². The molecule has 29 heavy (non-hydrogen) atoms. The van der Waals surface area contributed by atoms with Gasteiger partial charge in [0.05, 0.1) is 5.41 Å². The van der Waals surface area contributed by atoms with Crippen molar-refractivity contribution < 1.29 is 14.3 Å². The molecule has 0 aromatic heterocycles. The van der Waals surface area contributed by atoms with Gasteiger partial charge in [-0.3, -0.25) is 4.79 Å². The van der Waals surface area contributed by atoms with Crippen molar-refractivity contribution >= 4 is 17.3 Å². The van der Waals surface area contributed by atoms with Gasteiger partial charge in [0, 0.05) is 17.4 Å². The number of benzene rings is 2. The smallest absolute Gasteiger partial charge is 0.235 e. The molecule has 2 aromatic rings. The molecule has 2 aromatic carbocycles. The zero-order valence-corrected chi connectivity index (χ0v) is 16.9. The topological polar surface area (TPSA) is 85.6 Å². The minimum Gasteiger partial charge on any atom is -0.454 e. The Balaban J connectivity index is 1.33. The Morgan fingerprint density at radius 3 is 2.76 bits per heavy atom. The van der Waals surface area contributed by atoms with Gasteiger partial charge in [0.25, 0.3) is 0 Å². The lowest BCUT2D eigenvalue weighted by Gasteiger charge is -2.30. The van der Waals surface area contributed by atoms with E-state index in [9.17, 15) is 4.79 Å². The third-order valence-electron chi connectivity index (χ3n) is 6.70. The summed E-state index contributed by atoms with van der Waals surface area (Å²) in [7, 11) is 0. The highest BCUT2D eigenvalue weighted by atomic mass is 16.7. The Hall–Kier alpha value is -2.73. The normalized spacial score (nSPS) is 20.7. The first-order valence-electron chi connectivity index (χ1n) is 10.2. The summed E-state index contributed by atoms with van der Waals surface area (Å²) in [4.78, 5) is 13.2. The molecule has 4 N–H and O–H groups in total. The molecular formula is C23H27N3O3. The van der Waals surface area contributed by atoms with E-state index in [0.29, 0.717) is 12.6 Å². The van der Waals surface area contributed by atoms with Crippen LogP contribution in [0.3, 0.4) is 0 Å². The van der Waals surface area contributed by atoms with Crippen LogP contribution in [0.15, 0.2) is 36.4 Å². The van der Waals surface area contributed by atoms with E-state index in [1.807, 2.05) is 24.3 Å². The van der Waals surface area contributed by atoms with Crippen LogP contribution < -0.4 is 25.8 Å². The molecule has 0 unspecified atom stereocenters. The Labute approximate surface area is 170 Å². The van der Waals surface area contributed by atoms with Crippen LogP contribution in [0.1, 0.15) is 37.8 Å². The van der Waals surface area contributed by atoms with Gasteiger partial charge < -0.3 is 25.8 Å². The van der Waals surface area contributed by atoms with E-state index in [2.05, 4.69) is 36.6 Å². The summed E-state index contributed by atoms with van der Waals surface area (Å²) in [5, 5.41) is 6.72. The third kappa shape index (κ3) is 3.02. The highest BCUT2D eigenvalue weighted by Gasteiger charge is 2.51. The SMILES string of the molecule is CC(C)(CN)[C@@H]1Cc2cc(NC(=O)C3(c4ccc5c(c4)OCO5)CC3)ccc2N1. The molecule has 0 bridgehead atoms. The molecule has 2 heterocycles. The summed E-state index contributed by atoms with van der Waals surface area (Å²) in [6.45, 7) is 5.23. The van der Waals surface area contributed by atoms with Gasteiger partial charge in [0.15, 0.2) is 11.5 Å². The van der Waals surface area contributed by atoms with E-state index in [1.165, 1.54) is 5.56 Å². The van der Waals surface area contributed by atoms with Gasteiger partial charge in [0.2, 0.25) is 12.7 Å². The van der Waals surface area contributed by atoms with Crippen molar-refractivity contribution in [1.82, 2.24) is 0 Å². The predicted octanol–water partition coefficient (Wildman–Crippen LogP) is 3.41. The van der Waals surface area contributed by atoms with Gasteiger partial charge in [-0.25, -0.2) is 0 Å². The Kier molecular flexibility index (Phi) is 4.03. The third-order valence-corrected chi connectivity index (χ3v) is 6.70. The number of nitrogens with one attached hydrogen (secondary N) is 2. The number of rotatable bonds is 5. The summed E-state index contributed by atoms with van der Waals surface area (Å²) >= 11 is 0. The monoisotopic (exact) mass is 393 g/mol. The van der Waals surface area contributed by atoms with Crippen molar-refractivity contribution in [3.63, 3.8) is 0 Å². The number of hydrogen-bond donors (Lipinski definition) is 3. The second-order valence-electron chi connectivity index (χ2n) is 9.07. The van der Waals surface area contributed by atoms with Crippen LogP contribution >= 0.6 is 0 Å². The number of fused-ring (bicyclic) bond motifs is 2. The molecule has 5 rings (SSSR count). The average molecular weight is 393 g/mol. The molecule has 6 nitrogen and oxygen atoms in total. The van der Waals surface area contributed by atoms with Crippen molar-refractivity contribution in [3.05, 3.63) is 47.5 Å². The number of hydrogen-bond acceptors (Lipinski definition) is 5. The number of ether oxygens (including phenoxy) is 2. The van der Waals surface area contributed by atoms with Gasteiger partial charge in [-0.15, -0.1) is 0 Å². The second kappa shape index (κ2) is 6.39. The predicted molar refractivity (Wildman–Crippen MR) is 112 cm³/mol. The Bertz CT molecular complexity index is 981. The van der Waals surface area contributed by atoms with Gasteiger partial charge >= 0.3 is 0 Å². The summed E-state index contributed by atoms with van der Waals surface area (Å²) in [5.41, 5.74) is 9.68. The van der Waals surface area contributed by atoms with Crippen LogP contribution in [0.5, 0.6) is 11.5 Å². The van der Waals surface area contributed by atoms with Gasteiger partial charge in [0.1, 0.15) is 0 Å². The minimum atomic E-state index is -0.470. The van der Waals surface area contributed by atoms with E-state index in [0.717, 1.165) is 47.7 Å². The first-order valence-corrected chi connectivity index (χ1v) is 10.2. The summed E-state index contributed by atoms with van der Waals surface area (Å²) in [5.74, 6) is 1.51. The zero-order valence-electron chi connectivity index (χ0n) is 16.9. The number of anilines is 2. The number of carbonyl (C=O) groups excluding carboxylic acids is 1. The van der Waals surface area contributed by atoms with Crippen molar-refractivity contribution in [1.29, 1.82) is 0 Å². The molecule has 1 saturated carbocycles. The molecule has 0 saturated heterocycles. The molecule has 3 aliphatic rings. The fourth-order valence-electron chi connectivity index (χ4n) is 4.27. The van der Waals surface area contributed by atoms with Crippen LogP contribution in [0.2, 0.25) is 0 Å². The highest BCUT2D eigenvalue weighted by molar-refractivity contribution is 6.01. The van der Waals surface area contributed by atoms with E-state index in [1.54, 1.807) is 0 Å². The molecule has 1 fully saturated rings. The number of carbonyl (C=O) groups is 1. The number of amides is 1. The van der Waals surface area contributed by atoms with E-state index < -0.39 is 5.41 Å². The maximum atomic E-state index is 13.2. The van der Waals surface area contributed by atoms with Crippen LogP contribution in [0, 0.1) is 5.41 Å². The fourth-order valence-corrected chi connectivity index (χ4v) is 4.27. The Morgan fingerprint density at radius 1 is 1.21 bits per heavy atom. The Morgan fingerprint density at radius 2 is 2.00 bits per heavy atom. The van der Waals surface area contributed by atoms with Crippen LogP contribution in [0.25, 0.3) is 0 Å². The molecular weight excluding hydrogens is 366 g/mol. The first-order chi connectivity index (χ1) is 13.9. The summed E-state index contributed by atoms with van der Waals surface area (Å²) < 4.78 is 10.9. The van der Waals surface area contributed by atoms with Crippen LogP contribution in [-0.4, -0.2) is 25.3 Å². The van der Waals surface area contributed by atoms with Crippen molar-refractivity contribution in [3.8, 4) is 11.5 Å². The minimum absolute atomic E-state index is 0.0137. The quantitative estimate of drug-likeness (QED) is 0.725. The molecule has 152 valence electrons. The van der Waals surface area contributed by atoms with E-state index >= 15 is 0 Å². The van der Waals surface area contributed by atoms with Gasteiger partial charge in [-0.2, -0.15) is 0 Å². The standard InChI is InChI=1S/C23H27N3O3/c1-22(2,12-24)20-10-14-9-16(4-5-17(14)26-20)25-21(27)23(7-8-23)15-3-6-18-19(11-15)29-13-28-18/h3-6,9,11,20,26H,7-8,10,12-13,24H2,1-2H3,(H,25,27)/t20-/m0/s1. The maximum absolute atomic E-state index is 13.2. The lowest BCUT2D eigenvalue weighted by molar-refractivity contribution is -0.118. The van der Waals surface area contributed by atoms with Gasteiger partial charge in [-0.1, -0.05) is 19.9 Å². The lowest BCUT2D eigenvalue weighted by Crippen LogP contribution is -2.40. The molecule has 6 heteroatoms. The molecule has 1 aliphatic carbocycles. The summed E-state index contributed by atoms with van der Waals surface area (Å²) in [6, 6.07) is 12.2. The average Bonchev–Trinajstić information content (AvgIpc) is 3.20. The first kappa shape index (κ1) is 18.3. The summed E-state index contributed by atoms with van der Waals surface area (Å²) in [6.07, 6.45) is 2.60. The largest absolute Gasteiger partial charge is 0.454 e. The van der Waals surface area contributed by atoms with E-state index in [4.69, 9.17) is 15.2 Å². The van der Waals surface area contributed by atoms with Crippen molar-refractivity contribution in [2.45, 2.75) is 44.6 Å². The highest BCUT2D eigenvalue weighted by Crippen LogP contribution is 2.51. The van der Waals surface area contributed by atoms with Crippen LogP contribution in [0.4, 0.5) is 11.4 Å². The molecule has 2 aliphatic heterocycles. The second-order valence-corrected chi connectivity index (χ2v) is 9.07. The van der Waals surface area contributed by atoms with E-state index in [-0.39, 0.29) is 18.1 Å². The lowest BCUT2D eigenvalue weighted by atomic mass is 9.83. The fraction of sp³-hybridized carbons (Fsp3) is 0.435. The molecule has 1 amide bonds. The zero-order chi connectivity index (χ0) is 20.2. The molecule has 0 spiro atoms. The van der Waals surface area contributed by atoms with Crippen LogP contribution in [-0.2, 0) is 16.6 Å². The van der Waals surface area contributed by atoms with Crippen molar-refractivity contribution in [2.75, 3.05) is 24.0 Å². The van der Waals surface area contributed by atoms with Crippen molar-refractivity contribution in [2.24, 2.45) is 11.1 Å². The maximum Gasteiger partial charge on any atom is 0.235 e.